The Morgan fingerprint density at radius 3 is 2.07 bits per heavy atom. The Hall–Kier alpha value is -2.28. The van der Waals surface area contributed by atoms with Crippen LogP contribution in [0.15, 0.2) is 18.2 Å². The Morgan fingerprint density at radius 2 is 1.59 bits per heavy atom. The van der Waals surface area contributed by atoms with Crippen LogP contribution in [0.4, 0.5) is 0 Å². The number of piperazine rings is 1. The summed E-state index contributed by atoms with van der Waals surface area (Å²) in [4.78, 5) is 29.9. The molecule has 1 atom stereocenters. The molecule has 1 saturated heterocycles. The maximum absolute atomic E-state index is 13.0. The molecule has 1 heterocycles. The fourth-order valence-electron chi connectivity index (χ4n) is 3.12. The maximum Gasteiger partial charge on any atom is 0.252 e. The average Bonchev–Trinajstić information content (AvgIpc) is 2.66. The van der Waals surface area contributed by atoms with E-state index >= 15 is 0 Å². The molecule has 1 fully saturated rings. The number of carbonyl (C=O) groups is 2. The van der Waals surface area contributed by atoms with Gasteiger partial charge in [-0.05, 0) is 31.5 Å². The van der Waals surface area contributed by atoms with Crippen LogP contribution in [0.25, 0.3) is 0 Å². The van der Waals surface area contributed by atoms with Gasteiger partial charge in [0.15, 0.2) is 0 Å². The Bertz CT molecular complexity index is 632. The fraction of sp³-hybridized carbons (Fsp3) is 0.600. The SMILES string of the molecule is COc1cc(OC)cc(C(=O)N[C@H](CC(C)C)C(=O)N2CCN(C)CC2)c1. The lowest BCUT2D eigenvalue weighted by atomic mass is 10.0. The number of methoxy groups -OCH3 is 2. The minimum atomic E-state index is -0.543. The van der Waals surface area contributed by atoms with Gasteiger partial charge >= 0.3 is 0 Å². The molecule has 1 aromatic rings. The van der Waals surface area contributed by atoms with Crippen LogP contribution in [-0.4, -0.2) is 75.1 Å². The molecule has 2 amide bonds. The zero-order valence-corrected chi connectivity index (χ0v) is 16.9. The predicted molar refractivity (Wildman–Crippen MR) is 104 cm³/mol. The first-order chi connectivity index (χ1) is 12.8. The van der Waals surface area contributed by atoms with E-state index in [0.29, 0.717) is 36.6 Å². The van der Waals surface area contributed by atoms with Gasteiger partial charge in [0, 0.05) is 37.8 Å². The van der Waals surface area contributed by atoms with Crippen molar-refractivity contribution in [3.8, 4) is 11.5 Å². The van der Waals surface area contributed by atoms with Gasteiger partial charge in [-0.15, -0.1) is 0 Å². The van der Waals surface area contributed by atoms with Gasteiger partial charge in [-0.3, -0.25) is 9.59 Å². The molecule has 0 radical (unpaired) electrons. The maximum atomic E-state index is 13.0. The lowest BCUT2D eigenvalue weighted by Gasteiger charge is -2.35. The van der Waals surface area contributed by atoms with Gasteiger partial charge in [-0.25, -0.2) is 0 Å². The summed E-state index contributed by atoms with van der Waals surface area (Å²) in [5.41, 5.74) is 0.408. The molecule has 2 rings (SSSR count). The summed E-state index contributed by atoms with van der Waals surface area (Å²) < 4.78 is 10.5. The highest BCUT2D eigenvalue weighted by molar-refractivity contribution is 5.98. The van der Waals surface area contributed by atoms with Crippen molar-refractivity contribution in [2.24, 2.45) is 5.92 Å². The molecule has 150 valence electrons. The first kappa shape index (κ1) is 21.0. The second-order valence-corrected chi connectivity index (χ2v) is 7.39. The smallest absolute Gasteiger partial charge is 0.252 e. The molecule has 0 aliphatic carbocycles. The molecular weight excluding hydrogens is 346 g/mol. The molecule has 0 saturated carbocycles. The lowest BCUT2D eigenvalue weighted by Crippen LogP contribution is -2.54. The molecule has 1 aromatic carbocycles. The number of rotatable bonds is 7. The number of hydrogen-bond donors (Lipinski definition) is 1. The zero-order chi connectivity index (χ0) is 20.0. The molecule has 0 unspecified atom stereocenters. The first-order valence-corrected chi connectivity index (χ1v) is 9.35. The molecule has 27 heavy (non-hydrogen) atoms. The van der Waals surface area contributed by atoms with Gasteiger partial charge in [0.25, 0.3) is 5.91 Å². The first-order valence-electron chi connectivity index (χ1n) is 9.35. The Kier molecular flexibility index (Phi) is 7.47. The number of amides is 2. The van der Waals surface area contributed by atoms with Crippen molar-refractivity contribution in [2.75, 3.05) is 47.4 Å². The second kappa shape index (κ2) is 9.60. The van der Waals surface area contributed by atoms with Crippen molar-refractivity contribution in [1.82, 2.24) is 15.1 Å². The van der Waals surface area contributed by atoms with Crippen LogP contribution >= 0.6 is 0 Å². The Morgan fingerprint density at radius 1 is 1.04 bits per heavy atom. The molecule has 0 spiro atoms. The lowest BCUT2D eigenvalue weighted by molar-refractivity contribution is -0.135. The largest absolute Gasteiger partial charge is 0.497 e. The van der Waals surface area contributed by atoms with Gasteiger partial charge < -0.3 is 24.6 Å². The predicted octanol–water partition coefficient (Wildman–Crippen LogP) is 1.62. The van der Waals surface area contributed by atoms with E-state index in [4.69, 9.17) is 9.47 Å². The summed E-state index contributed by atoms with van der Waals surface area (Å²) in [5.74, 6) is 1.03. The number of carbonyl (C=O) groups excluding carboxylic acids is 2. The highest BCUT2D eigenvalue weighted by atomic mass is 16.5. The average molecular weight is 377 g/mol. The topological polar surface area (TPSA) is 71.1 Å². The van der Waals surface area contributed by atoms with E-state index in [1.807, 2.05) is 25.8 Å². The van der Waals surface area contributed by atoms with Crippen molar-refractivity contribution < 1.29 is 19.1 Å². The zero-order valence-electron chi connectivity index (χ0n) is 16.9. The normalized spacial score (nSPS) is 16.1. The van der Waals surface area contributed by atoms with E-state index in [9.17, 15) is 9.59 Å². The standard InChI is InChI=1S/C20H31N3O4/c1-14(2)10-18(20(25)23-8-6-22(3)7-9-23)21-19(24)15-11-16(26-4)13-17(12-15)27-5/h11-14,18H,6-10H2,1-5H3,(H,21,24)/t18-/m1/s1. The number of benzene rings is 1. The second-order valence-electron chi connectivity index (χ2n) is 7.39. The van der Waals surface area contributed by atoms with E-state index in [0.717, 1.165) is 13.1 Å². The summed E-state index contributed by atoms with van der Waals surface area (Å²) in [6.45, 7) is 7.16. The molecular formula is C20H31N3O4. The minimum absolute atomic E-state index is 0.0139. The van der Waals surface area contributed by atoms with Crippen molar-refractivity contribution in [1.29, 1.82) is 0 Å². The van der Waals surface area contributed by atoms with E-state index in [-0.39, 0.29) is 17.7 Å². The Balaban J connectivity index is 2.15. The number of ether oxygens (including phenoxy) is 2. The molecule has 1 aliphatic rings. The number of nitrogens with one attached hydrogen (secondary N) is 1. The van der Waals surface area contributed by atoms with Gasteiger partial charge in [0.2, 0.25) is 5.91 Å². The van der Waals surface area contributed by atoms with Crippen molar-refractivity contribution in [3.05, 3.63) is 23.8 Å². The van der Waals surface area contributed by atoms with Crippen molar-refractivity contribution in [2.45, 2.75) is 26.3 Å². The van der Waals surface area contributed by atoms with Crippen molar-refractivity contribution in [3.63, 3.8) is 0 Å². The summed E-state index contributed by atoms with van der Waals surface area (Å²) in [6.07, 6.45) is 0.595. The molecule has 1 aliphatic heterocycles. The molecule has 7 heteroatoms. The molecule has 0 aromatic heterocycles. The number of nitrogens with zero attached hydrogens (tertiary/aromatic N) is 2. The quantitative estimate of drug-likeness (QED) is 0.782. The monoisotopic (exact) mass is 377 g/mol. The van der Waals surface area contributed by atoms with E-state index in [1.54, 1.807) is 18.2 Å². The molecule has 7 nitrogen and oxygen atoms in total. The van der Waals surface area contributed by atoms with E-state index in [1.165, 1.54) is 14.2 Å². The van der Waals surface area contributed by atoms with Gasteiger partial charge in [-0.2, -0.15) is 0 Å². The highest BCUT2D eigenvalue weighted by Gasteiger charge is 2.29. The van der Waals surface area contributed by atoms with E-state index < -0.39 is 6.04 Å². The third-order valence-corrected chi connectivity index (χ3v) is 4.74. The van der Waals surface area contributed by atoms with Crippen LogP contribution in [-0.2, 0) is 4.79 Å². The summed E-state index contributed by atoms with van der Waals surface area (Å²) >= 11 is 0. The number of hydrogen-bond acceptors (Lipinski definition) is 5. The number of likely N-dealkylation sites (N-methyl/N-ethyl adjacent to an activating group) is 1. The third-order valence-electron chi connectivity index (χ3n) is 4.74. The van der Waals surface area contributed by atoms with Crippen LogP contribution < -0.4 is 14.8 Å². The third kappa shape index (κ3) is 5.85. The molecule has 1 N–H and O–H groups in total. The van der Waals surface area contributed by atoms with Crippen LogP contribution in [0.1, 0.15) is 30.6 Å². The summed E-state index contributed by atoms with van der Waals surface area (Å²) in [5, 5.41) is 2.92. The molecule has 0 bridgehead atoms. The summed E-state index contributed by atoms with van der Waals surface area (Å²) in [7, 11) is 5.12. The Labute approximate surface area is 161 Å². The minimum Gasteiger partial charge on any atom is -0.497 e. The van der Waals surface area contributed by atoms with Crippen LogP contribution in [0.5, 0.6) is 11.5 Å². The van der Waals surface area contributed by atoms with Gasteiger partial charge in [-0.1, -0.05) is 13.8 Å². The highest BCUT2D eigenvalue weighted by Crippen LogP contribution is 2.23. The van der Waals surface area contributed by atoms with Crippen LogP contribution in [0.2, 0.25) is 0 Å². The van der Waals surface area contributed by atoms with Gasteiger partial charge in [0.05, 0.1) is 14.2 Å². The van der Waals surface area contributed by atoms with Crippen LogP contribution in [0.3, 0.4) is 0 Å². The summed E-state index contributed by atoms with van der Waals surface area (Å²) in [6, 6.07) is 4.45. The van der Waals surface area contributed by atoms with Gasteiger partial charge in [0.1, 0.15) is 17.5 Å². The fourth-order valence-corrected chi connectivity index (χ4v) is 3.12. The van der Waals surface area contributed by atoms with E-state index in [2.05, 4.69) is 10.2 Å². The van der Waals surface area contributed by atoms with Crippen molar-refractivity contribution >= 4 is 11.8 Å². The van der Waals surface area contributed by atoms with Crippen LogP contribution in [0, 0.1) is 5.92 Å².